The number of carboxylic acid groups (broad SMARTS) is 1. The third-order valence-corrected chi connectivity index (χ3v) is 1.97. The van der Waals surface area contributed by atoms with Crippen molar-refractivity contribution >= 4 is 17.3 Å². The van der Waals surface area contributed by atoms with Crippen LogP contribution in [0.25, 0.3) is 0 Å². The van der Waals surface area contributed by atoms with Gasteiger partial charge < -0.3 is 15.2 Å². The van der Waals surface area contributed by atoms with Crippen LogP contribution in [0, 0.1) is 10.1 Å². The number of carbonyl (C=O) groups is 1. The summed E-state index contributed by atoms with van der Waals surface area (Å²) in [5.41, 5.74) is 0.377. The summed E-state index contributed by atoms with van der Waals surface area (Å²) in [4.78, 5) is 20.3. The number of carboxylic acids is 1. The Morgan fingerprint density at radius 2 is 2.06 bits per heavy atom. The molecule has 86 valence electrons. The van der Waals surface area contributed by atoms with Crippen molar-refractivity contribution in [2.24, 2.45) is 0 Å². The van der Waals surface area contributed by atoms with Gasteiger partial charge in [0.1, 0.15) is 5.69 Å². The molecule has 0 fully saturated rings. The molecule has 6 nitrogen and oxygen atoms in total. The molecule has 0 radical (unpaired) electrons. The van der Waals surface area contributed by atoms with Crippen LogP contribution < -0.4 is 10.4 Å². The van der Waals surface area contributed by atoms with Gasteiger partial charge in [0.25, 0.3) is 5.69 Å². The van der Waals surface area contributed by atoms with Crippen LogP contribution in [-0.4, -0.2) is 17.4 Å². The number of benzene rings is 1. The highest BCUT2D eigenvalue weighted by Gasteiger charge is 2.10. The summed E-state index contributed by atoms with van der Waals surface area (Å²) in [6.45, 7) is 0.360. The zero-order chi connectivity index (χ0) is 12.0. The van der Waals surface area contributed by atoms with Gasteiger partial charge >= 0.3 is 0 Å². The molecule has 0 bridgehead atoms. The van der Waals surface area contributed by atoms with Gasteiger partial charge in [0.05, 0.1) is 4.92 Å². The molecule has 0 heterocycles. The number of carbonyl (C=O) groups excluding carboxylic acids is 1. The first-order chi connectivity index (χ1) is 7.61. The van der Waals surface area contributed by atoms with Crippen LogP contribution in [0.2, 0.25) is 0 Å². The van der Waals surface area contributed by atoms with Gasteiger partial charge in [0.15, 0.2) is 0 Å². The largest absolute Gasteiger partial charge is 0.550 e. The summed E-state index contributed by atoms with van der Waals surface area (Å²) in [5.74, 6) is -1.12. The molecule has 0 aliphatic rings. The van der Waals surface area contributed by atoms with Gasteiger partial charge in [-0.3, -0.25) is 10.1 Å². The number of anilines is 1. The van der Waals surface area contributed by atoms with Crippen molar-refractivity contribution in [2.45, 2.75) is 12.8 Å². The van der Waals surface area contributed by atoms with Crippen LogP contribution >= 0.6 is 0 Å². The lowest BCUT2D eigenvalue weighted by molar-refractivity contribution is -0.384. The van der Waals surface area contributed by atoms with Crippen molar-refractivity contribution in [3.05, 3.63) is 34.4 Å². The number of rotatable bonds is 6. The van der Waals surface area contributed by atoms with E-state index < -0.39 is 10.9 Å². The molecule has 1 N–H and O–H groups in total. The smallest absolute Gasteiger partial charge is 0.292 e. The van der Waals surface area contributed by atoms with E-state index in [1.165, 1.54) is 6.07 Å². The summed E-state index contributed by atoms with van der Waals surface area (Å²) in [7, 11) is 0. The van der Waals surface area contributed by atoms with Crippen LogP contribution in [0.3, 0.4) is 0 Å². The molecular formula is C10H11N2O4-. The molecule has 0 aromatic heterocycles. The average Bonchev–Trinajstić information content (AvgIpc) is 2.24. The second-order valence-electron chi connectivity index (χ2n) is 3.18. The van der Waals surface area contributed by atoms with Gasteiger partial charge in [-0.05, 0) is 18.9 Å². The highest BCUT2D eigenvalue weighted by Crippen LogP contribution is 2.22. The number of hydrogen-bond acceptors (Lipinski definition) is 5. The van der Waals surface area contributed by atoms with Crippen molar-refractivity contribution < 1.29 is 14.8 Å². The Labute approximate surface area is 92.0 Å². The standard InChI is InChI=1S/C10H12N2O4/c13-10(14)6-3-7-11-8-4-1-2-5-9(8)12(15)16/h1-2,4-5,11H,3,6-7H2,(H,13,14)/p-1. The van der Waals surface area contributed by atoms with Crippen molar-refractivity contribution in [2.75, 3.05) is 11.9 Å². The number of hydrogen-bond donors (Lipinski definition) is 1. The predicted molar refractivity (Wildman–Crippen MR) is 55.8 cm³/mol. The highest BCUT2D eigenvalue weighted by molar-refractivity contribution is 5.64. The topological polar surface area (TPSA) is 95.3 Å². The van der Waals surface area contributed by atoms with E-state index in [1.807, 2.05) is 0 Å². The van der Waals surface area contributed by atoms with E-state index in [9.17, 15) is 20.0 Å². The first-order valence-corrected chi connectivity index (χ1v) is 4.78. The first kappa shape index (κ1) is 12.0. The predicted octanol–water partition coefficient (Wildman–Crippen LogP) is 0.537. The normalized spacial score (nSPS) is 9.75. The van der Waals surface area contributed by atoms with Gasteiger partial charge in [-0.1, -0.05) is 12.1 Å². The van der Waals surface area contributed by atoms with E-state index in [0.717, 1.165) is 0 Å². The number of nitro groups is 1. The van der Waals surface area contributed by atoms with Gasteiger partial charge in [-0.2, -0.15) is 0 Å². The molecule has 0 amide bonds. The molecule has 6 heteroatoms. The van der Waals surface area contributed by atoms with Crippen LogP contribution in [0.1, 0.15) is 12.8 Å². The van der Waals surface area contributed by atoms with E-state index in [0.29, 0.717) is 18.7 Å². The fourth-order valence-corrected chi connectivity index (χ4v) is 1.24. The Bertz CT molecular complexity index is 392. The minimum absolute atomic E-state index is 0.0176. The summed E-state index contributed by atoms with van der Waals surface area (Å²) >= 11 is 0. The van der Waals surface area contributed by atoms with Crippen LogP contribution in [-0.2, 0) is 4.79 Å². The lowest BCUT2D eigenvalue weighted by Gasteiger charge is -2.06. The lowest BCUT2D eigenvalue weighted by atomic mass is 10.2. The Morgan fingerprint density at radius 3 is 2.69 bits per heavy atom. The Kier molecular flexibility index (Phi) is 4.26. The van der Waals surface area contributed by atoms with Crippen molar-refractivity contribution in [1.82, 2.24) is 0 Å². The molecule has 0 spiro atoms. The highest BCUT2D eigenvalue weighted by atomic mass is 16.6. The number of para-hydroxylation sites is 2. The van der Waals surface area contributed by atoms with Gasteiger partial charge in [-0.25, -0.2) is 0 Å². The summed E-state index contributed by atoms with van der Waals surface area (Å²) < 4.78 is 0. The van der Waals surface area contributed by atoms with Crippen LogP contribution in [0.4, 0.5) is 11.4 Å². The van der Waals surface area contributed by atoms with Crippen molar-refractivity contribution in [1.29, 1.82) is 0 Å². The molecule has 1 rings (SSSR count). The van der Waals surface area contributed by atoms with E-state index in [2.05, 4.69) is 5.32 Å². The molecule has 0 saturated carbocycles. The number of aliphatic carboxylic acids is 1. The molecule has 16 heavy (non-hydrogen) atoms. The minimum Gasteiger partial charge on any atom is -0.550 e. The quantitative estimate of drug-likeness (QED) is 0.431. The van der Waals surface area contributed by atoms with E-state index in [1.54, 1.807) is 18.2 Å². The fourth-order valence-electron chi connectivity index (χ4n) is 1.24. The van der Waals surface area contributed by atoms with E-state index >= 15 is 0 Å². The molecule has 0 aliphatic heterocycles. The Morgan fingerprint density at radius 1 is 1.38 bits per heavy atom. The van der Waals surface area contributed by atoms with E-state index in [4.69, 9.17) is 0 Å². The zero-order valence-electron chi connectivity index (χ0n) is 8.51. The Hall–Kier alpha value is -2.11. The number of nitro benzene ring substituents is 1. The maximum atomic E-state index is 10.6. The molecule has 1 aromatic carbocycles. The van der Waals surface area contributed by atoms with E-state index in [-0.39, 0.29) is 12.1 Å². The number of nitrogens with zero attached hydrogens (tertiary/aromatic N) is 1. The van der Waals surface area contributed by atoms with Gasteiger partial charge in [0.2, 0.25) is 0 Å². The minimum atomic E-state index is -1.12. The lowest BCUT2D eigenvalue weighted by Crippen LogP contribution is -2.22. The number of nitrogens with one attached hydrogen (secondary N) is 1. The van der Waals surface area contributed by atoms with Gasteiger partial charge in [-0.15, -0.1) is 0 Å². The summed E-state index contributed by atoms with van der Waals surface area (Å²) in [6.07, 6.45) is 0.308. The van der Waals surface area contributed by atoms with Crippen molar-refractivity contribution in [3.8, 4) is 0 Å². The van der Waals surface area contributed by atoms with Gasteiger partial charge in [0, 0.05) is 18.6 Å². The summed E-state index contributed by atoms with van der Waals surface area (Å²) in [6, 6.07) is 6.22. The first-order valence-electron chi connectivity index (χ1n) is 4.78. The molecule has 0 unspecified atom stereocenters. The molecule has 0 saturated heterocycles. The monoisotopic (exact) mass is 223 g/mol. The average molecular weight is 223 g/mol. The molecule has 0 aliphatic carbocycles. The maximum Gasteiger partial charge on any atom is 0.292 e. The van der Waals surface area contributed by atoms with Crippen molar-refractivity contribution in [3.63, 3.8) is 0 Å². The molecule has 1 aromatic rings. The fraction of sp³-hybridized carbons (Fsp3) is 0.300. The second-order valence-corrected chi connectivity index (χ2v) is 3.18. The third kappa shape index (κ3) is 3.56. The SMILES string of the molecule is O=C([O-])CCCNc1ccccc1[N+](=O)[O-]. The zero-order valence-corrected chi connectivity index (χ0v) is 8.51. The van der Waals surface area contributed by atoms with Crippen LogP contribution in [0.5, 0.6) is 0 Å². The molecule has 0 atom stereocenters. The Balaban J connectivity index is 2.53. The third-order valence-electron chi connectivity index (χ3n) is 1.97. The maximum absolute atomic E-state index is 10.6. The molecular weight excluding hydrogens is 212 g/mol. The van der Waals surface area contributed by atoms with Crippen LogP contribution in [0.15, 0.2) is 24.3 Å². The summed E-state index contributed by atoms with van der Waals surface area (Å²) in [5, 5.41) is 23.6. The second kappa shape index (κ2) is 5.69.